The molecule has 100 valence electrons. The third-order valence-electron chi connectivity index (χ3n) is 4.13. The third-order valence-corrected chi connectivity index (χ3v) is 4.13. The molecule has 2 nitrogen and oxygen atoms in total. The molecule has 1 aliphatic rings. The predicted molar refractivity (Wildman–Crippen MR) is 76.1 cm³/mol. The first-order valence-corrected chi connectivity index (χ1v) is 7.23. The average Bonchev–Trinajstić information content (AvgIpc) is 2.44. The molecule has 0 fully saturated rings. The number of para-hydroxylation sites is 1. The first-order valence-electron chi connectivity index (χ1n) is 7.23. The second-order valence-corrected chi connectivity index (χ2v) is 5.13. The second kappa shape index (κ2) is 6.24. The third kappa shape index (κ3) is 2.54. The summed E-state index contributed by atoms with van der Waals surface area (Å²) >= 11 is 0. The first kappa shape index (κ1) is 13.4. The van der Waals surface area contributed by atoms with Gasteiger partial charge in [0.15, 0.2) is 0 Å². The monoisotopic (exact) mass is 247 g/mol. The zero-order valence-electron chi connectivity index (χ0n) is 11.8. The van der Waals surface area contributed by atoms with Gasteiger partial charge in [0, 0.05) is 11.6 Å². The molecule has 0 radical (unpaired) electrons. The van der Waals surface area contributed by atoms with Crippen LogP contribution in [0.2, 0.25) is 0 Å². The fraction of sp³-hybridized carbons (Fsp3) is 0.625. The summed E-state index contributed by atoms with van der Waals surface area (Å²) in [5.41, 5.74) is 2.73. The fourth-order valence-corrected chi connectivity index (χ4v) is 3.06. The normalized spacial score (nSPS) is 16.2. The van der Waals surface area contributed by atoms with Crippen LogP contribution in [-0.4, -0.2) is 13.7 Å². The molecule has 1 aromatic rings. The number of aryl methyl sites for hydroxylation is 1. The minimum Gasteiger partial charge on any atom is -0.493 e. The molecule has 0 aliphatic carbocycles. The molecule has 1 N–H and O–H groups in total. The summed E-state index contributed by atoms with van der Waals surface area (Å²) in [6.07, 6.45) is 4.70. The molecule has 1 unspecified atom stereocenters. The highest BCUT2D eigenvalue weighted by Gasteiger charge is 2.24. The van der Waals surface area contributed by atoms with Crippen LogP contribution in [0.4, 0.5) is 0 Å². The molecule has 2 rings (SSSR count). The Morgan fingerprint density at radius 3 is 2.72 bits per heavy atom. The quantitative estimate of drug-likeness (QED) is 0.856. The van der Waals surface area contributed by atoms with Gasteiger partial charge in [-0.1, -0.05) is 44.9 Å². The number of nitrogens with one attached hydrogen (secondary N) is 1. The van der Waals surface area contributed by atoms with E-state index >= 15 is 0 Å². The highest BCUT2D eigenvalue weighted by Crippen LogP contribution is 2.37. The summed E-state index contributed by atoms with van der Waals surface area (Å²) in [6.45, 7) is 5.41. The van der Waals surface area contributed by atoms with E-state index in [9.17, 15) is 0 Å². The Morgan fingerprint density at radius 2 is 2.06 bits per heavy atom. The molecule has 1 heterocycles. The maximum absolute atomic E-state index is 5.94. The lowest BCUT2D eigenvalue weighted by Gasteiger charge is -2.29. The molecule has 1 aromatic carbocycles. The number of hydrogen-bond acceptors (Lipinski definition) is 2. The van der Waals surface area contributed by atoms with E-state index in [1.54, 1.807) is 0 Å². The predicted octanol–water partition coefficient (Wildman–Crippen LogP) is 3.71. The highest BCUT2D eigenvalue weighted by molar-refractivity contribution is 5.44. The van der Waals surface area contributed by atoms with Crippen LogP contribution in [-0.2, 0) is 6.42 Å². The SMILES string of the molecule is CCC(CC)C(NC)c1cccc2c1OCCC2. The second-order valence-electron chi connectivity index (χ2n) is 5.13. The first-order chi connectivity index (χ1) is 8.81. The Hall–Kier alpha value is -1.02. The van der Waals surface area contributed by atoms with Crippen LogP contribution in [0, 0.1) is 5.92 Å². The lowest BCUT2D eigenvalue weighted by molar-refractivity contribution is 0.273. The Kier molecular flexibility index (Phi) is 4.65. The topological polar surface area (TPSA) is 21.3 Å². The molecule has 0 aromatic heterocycles. The van der Waals surface area contributed by atoms with Crippen molar-refractivity contribution < 1.29 is 4.74 Å². The van der Waals surface area contributed by atoms with Crippen molar-refractivity contribution >= 4 is 0 Å². The lowest BCUT2D eigenvalue weighted by Crippen LogP contribution is -2.26. The lowest BCUT2D eigenvalue weighted by atomic mass is 9.87. The number of fused-ring (bicyclic) bond motifs is 1. The molecule has 0 spiro atoms. The maximum Gasteiger partial charge on any atom is 0.127 e. The number of rotatable bonds is 5. The average molecular weight is 247 g/mol. The van der Waals surface area contributed by atoms with Gasteiger partial charge in [0.2, 0.25) is 0 Å². The van der Waals surface area contributed by atoms with Gasteiger partial charge in [-0.2, -0.15) is 0 Å². The summed E-state index contributed by atoms with van der Waals surface area (Å²) in [4.78, 5) is 0. The van der Waals surface area contributed by atoms with E-state index in [1.165, 1.54) is 24.0 Å². The van der Waals surface area contributed by atoms with E-state index in [1.807, 2.05) is 0 Å². The summed E-state index contributed by atoms with van der Waals surface area (Å²) in [6, 6.07) is 7.02. The van der Waals surface area contributed by atoms with Crippen molar-refractivity contribution in [2.45, 2.75) is 45.6 Å². The molecule has 18 heavy (non-hydrogen) atoms. The van der Waals surface area contributed by atoms with E-state index in [-0.39, 0.29) is 0 Å². The van der Waals surface area contributed by atoms with Gasteiger partial charge >= 0.3 is 0 Å². The van der Waals surface area contributed by atoms with Gasteiger partial charge in [-0.3, -0.25) is 0 Å². The smallest absolute Gasteiger partial charge is 0.127 e. The summed E-state index contributed by atoms with van der Waals surface area (Å²) in [7, 11) is 2.06. The van der Waals surface area contributed by atoms with Gasteiger partial charge in [0.25, 0.3) is 0 Å². The highest BCUT2D eigenvalue weighted by atomic mass is 16.5. The van der Waals surface area contributed by atoms with Gasteiger partial charge in [0.1, 0.15) is 5.75 Å². The summed E-state index contributed by atoms with van der Waals surface area (Å²) in [5.74, 6) is 1.82. The van der Waals surface area contributed by atoms with Crippen LogP contribution < -0.4 is 10.1 Å². The molecule has 0 saturated carbocycles. The maximum atomic E-state index is 5.94. The van der Waals surface area contributed by atoms with Crippen molar-refractivity contribution in [3.63, 3.8) is 0 Å². The Labute approximate surface area is 111 Å². The van der Waals surface area contributed by atoms with Gasteiger partial charge in [0.05, 0.1) is 6.61 Å². The molecule has 0 saturated heterocycles. The molecule has 0 bridgehead atoms. The van der Waals surface area contributed by atoms with Gasteiger partial charge in [-0.15, -0.1) is 0 Å². The summed E-state index contributed by atoms with van der Waals surface area (Å²) in [5, 5.41) is 3.49. The molecule has 1 atom stereocenters. The number of ether oxygens (including phenoxy) is 1. The van der Waals surface area contributed by atoms with Crippen LogP contribution in [0.5, 0.6) is 5.75 Å². The van der Waals surface area contributed by atoms with Crippen LogP contribution >= 0.6 is 0 Å². The van der Waals surface area contributed by atoms with Crippen molar-refractivity contribution in [1.82, 2.24) is 5.32 Å². The zero-order chi connectivity index (χ0) is 13.0. The van der Waals surface area contributed by atoms with Crippen LogP contribution in [0.15, 0.2) is 18.2 Å². The van der Waals surface area contributed by atoms with Crippen molar-refractivity contribution in [1.29, 1.82) is 0 Å². The van der Waals surface area contributed by atoms with Crippen molar-refractivity contribution in [3.05, 3.63) is 29.3 Å². The summed E-state index contributed by atoms with van der Waals surface area (Å²) < 4.78 is 5.94. The van der Waals surface area contributed by atoms with Gasteiger partial charge in [-0.05, 0) is 31.4 Å². The van der Waals surface area contributed by atoms with Crippen molar-refractivity contribution in [2.24, 2.45) is 5.92 Å². The number of benzene rings is 1. The van der Waals surface area contributed by atoms with E-state index in [4.69, 9.17) is 4.74 Å². The standard InChI is InChI=1S/C16H25NO/c1-4-12(5-2)15(17-3)14-10-6-8-13-9-7-11-18-16(13)14/h6,8,10,12,15,17H,4-5,7,9,11H2,1-3H3. The van der Waals surface area contributed by atoms with Gasteiger partial charge < -0.3 is 10.1 Å². The van der Waals surface area contributed by atoms with Crippen LogP contribution in [0.1, 0.15) is 50.3 Å². The molecular weight excluding hydrogens is 222 g/mol. The molecular formula is C16H25NO. The Bertz CT molecular complexity index is 385. The van der Waals surface area contributed by atoms with Crippen LogP contribution in [0.25, 0.3) is 0 Å². The Balaban J connectivity index is 2.36. The Morgan fingerprint density at radius 1 is 1.28 bits per heavy atom. The van der Waals surface area contributed by atoms with E-state index < -0.39 is 0 Å². The molecule has 1 aliphatic heterocycles. The van der Waals surface area contributed by atoms with Crippen molar-refractivity contribution in [3.8, 4) is 5.75 Å². The van der Waals surface area contributed by atoms with E-state index in [0.29, 0.717) is 12.0 Å². The van der Waals surface area contributed by atoms with E-state index in [2.05, 4.69) is 44.4 Å². The van der Waals surface area contributed by atoms with Gasteiger partial charge in [-0.25, -0.2) is 0 Å². The zero-order valence-corrected chi connectivity index (χ0v) is 11.8. The minimum absolute atomic E-state index is 0.410. The van der Waals surface area contributed by atoms with E-state index in [0.717, 1.165) is 25.2 Å². The largest absolute Gasteiger partial charge is 0.493 e. The molecule has 0 amide bonds. The number of hydrogen-bond donors (Lipinski definition) is 1. The van der Waals surface area contributed by atoms with Crippen LogP contribution in [0.3, 0.4) is 0 Å². The molecule has 2 heteroatoms. The minimum atomic E-state index is 0.410. The fourth-order valence-electron chi connectivity index (χ4n) is 3.06. The van der Waals surface area contributed by atoms with Crippen molar-refractivity contribution in [2.75, 3.05) is 13.7 Å².